The van der Waals surface area contributed by atoms with E-state index in [0.717, 1.165) is 0 Å². The summed E-state index contributed by atoms with van der Waals surface area (Å²) in [6.45, 7) is -0.517. The number of amides is 1. The second kappa shape index (κ2) is 6.29. The molecule has 4 N–H and O–H groups in total. The number of hydrogen-bond acceptors (Lipinski definition) is 6. The van der Waals surface area contributed by atoms with Crippen LogP contribution in [-0.2, 0) is 0 Å². The number of rotatable bonds is 5. The van der Waals surface area contributed by atoms with E-state index in [1.165, 1.54) is 6.07 Å². The molecule has 7 heteroatoms. The first-order valence-corrected chi connectivity index (χ1v) is 6.17. The van der Waals surface area contributed by atoms with Gasteiger partial charge in [-0.2, -0.15) is 0 Å². The van der Waals surface area contributed by atoms with Crippen molar-refractivity contribution < 1.29 is 19.7 Å². The first-order valence-electron chi connectivity index (χ1n) is 6.17. The number of aromatic nitrogens is 2. The highest BCUT2D eigenvalue weighted by Crippen LogP contribution is 2.21. The van der Waals surface area contributed by atoms with E-state index in [2.05, 4.69) is 9.97 Å². The third-order valence-electron chi connectivity index (χ3n) is 2.86. The largest absolute Gasteiger partial charge is 0.497 e. The molecule has 1 aromatic carbocycles. The Kier molecular flexibility index (Phi) is 4.46. The van der Waals surface area contributed by atoms with E-state index in [0.29, 0.717) is 11.3 Å². The lowest BCUT2D eigenvalue weighted by molar-refractivity contribution is 0.0916. The highest BCUT2D eigenvalue weighted by molar-refractivity contribution is 5.91. The van der Waals surface area contributed by atoms with Gasteiger partial charge in [0.05, 0.1) is 19.4 Å². The summed E-state index contributed by atoms with van der Waals surface area (Å²) in [6, 6.07) is 8.13. The Morgan fingerprint density at radius 3 is 2.52 bits per heavy atom. The molecule has 1 aromatic heterocycles. The van der Waals surface area contributed by atoms with Crippen LogP contribution in [0.15, 0.2) is 30.3 Å². The number of nitrogens with two attached hydrogens (primary N) is 1. The van der Waals surface area contributed by atoms with Gasteiger partial charge in [0.25, 0.3) is 5.91 Å². The van der Waals surface area contributed by atoms with Crippen LogP contribution < -0.4 is 10.5 Å². The van der Waals surface area contributed by atoms with Gasteiger partial charge in [-0.15, -0.1) is 0 Å². The van der Waals surface area contributed by atoms with Crippen LogP contribution in [0.5, 0.6) is 5.75 Å². The van der Waals surface area contributed by atoms with E-state index in [4.69, 9.17) is 15.6 Å². The fraction of sp³-hybridized carbons (Fsp3) is 0.214. The Labute approximate surface area is 121 Å². The zero-order valence-corrected chi connectivity index (χ0v) is 11.4. The molecule has 0 aliphatic heterocycles. The first-order chi connectivity index (χ1) is 10.0. The van der Waals surface area contributed by atoms with Gasteiger partial charge in [-0.3, -0.25) is 4.79 Å². The van der Waals surface area contributed by atoms with Crippen LogP contribution in [0.4, 0.5) is 0 Å². The van der Waals surface area contributed by atoms with Crippen molar-refractivity contribution in [3.05, 3.63) is 41.7 Å². The molecule has 0 aliphatic rings. The minimum Gasteiger partial charge on any atom is -0.497 e. The SMILES string of the molecule is COc1ccc(-c2nc(C(N)=O)cc([C@H](O)CO)n2)cc1. The second-order valence-corrected chi connectivity index (χ2v) is 4.29. The molecular weight excluding hydrogens is 274 g/mol. The lowest BCUT2D eigenvalue weighted by atomic mass is 10.1. The van der Waals surface area contributed by atoms with E-state index < -0.39 is 18.6 Å². The minimum atomic E-state index is -1.21. The summed E-state index contributed by atoms with van der Waals surface area (Å²) in [5.41, 5.74) is 5.96. The molecule has 1 amide bonds. The number of carbonyl (C=O) groups is 1. The van der Waals surface area contributed by atoms with Gasteiger partial charge in [-0.1, -0.05) is 0 Å². The van der Waals surface area contributed by atoms with E-state index in [-0.39, 0.29) is 17.2 Å². The molecule has 0 radical (unpaired) electrons. The number of hydrogen-bond donors (Lipinski definition) is 3. The van der Waals surface area contributed by atoms with Crippen LogP contribution in [0.25, 0.3) is 11.4 Å². The number of benzene rings is 1. The van der Waals surface area contributed by atoms with Crippen LogP contribution in [-0.4, -0.2) is 39.8 Å². The number of aliphatic hydroxyl groups excluding tert-OH is 2. The number of carbonyl (C=O) groups excluding carboxylic acids is 1. The summed E-state index contributed by atoms with van der Waals surface area (Å²) < 4.78 is 5.06. The predicted octanol–water partition coefficient (Wildman–Crippen LogP) is 0.277. The van der Waals surface area contributed by atoms with Gasteiger partial charge in [0.1, 0.15) is 17.5 Å². The minimum absolute atomic E-state index is 0.0293. The Morgan fingerprint density at radius 2 is 2.00 bits per heavy atom. The maximum Gasteiger partial charge on any atom is 0.267 e. The standard InChI is InChI=1S/C14H15N3O4/c1-21-9-4-2-8(3-5-9)14-16-10(12(19)7-18)6-11(17-14)13(15)20/h2-6,12,18-19H,7H2,1H3,(H2,15,20)/t12-/m1/s1. The molecule has 0 aliphatic carbocycles. The Hall–Kier alpha value is -2.51. The summed E-state index contributed by atoms with van der Waals surface area (Å²) >= 11 is 0. The summed E-state index contributed by atoms with van der Waals surface area (Å²) in [6.07, 6.45) is -1.21. The highest BCUT2D eigenvalue weighted by Gasteiger charge is 2.15. The zero-order chi connectivity index (χ0) is 15.4. The van der Waals surface area contributed by atoms with Crippen molar-refractivity contribution in [3.63, 3.8) is 0 Å². The molecule has 0 saturated carbocycles. The van der Waals surface area contributed by atoms with Gasteiger partial charge in [0.15, 0.2) is 5.82 Å². The van der Waals surface area contributed by atoms with Crippen LogP contribution in [0, 0.1) is 0 Å². The quantitative estimate of drug-likeness (QED) is 0.727. The monoisotopic (exact) mass is 289 g/mol. The molecule has 0 saturated heterocycles. The first kappa shape index (κ1) is 14.9. The van der Waals surface area contributed by atoms with E-state index >= 15 is 0 Å². The van der Waals surface area contributed by atoms with Crippen molar-refractivity contribution >= 4 is 5.91 Å². The third kappa shape index (κ3) is 3.33. The predicted molar refractivity (Wildman–Crippen MR) is 74.6 cm³/mol. The number of methoxy groups -OCH3 is 1. The molecule has 0 unspecified atom stereocenters. The molecule has 0 spiro atoms. The maximum atomic E-state index is 11.3. The molecule has 1 heterocycles. The van der Waals surface area contributed by atoms with Crippen molar-refractivity contribution in [2.75, 3.05) is 13.7 Å². The molecule has 2 aromatic rings. The Balaban J connectivity index is 2.50. The molecule has 0 fully saturated rings. The Bertz CT molecular complexity index is 643. The molecule has 110 valence electrons. The summed E-state index contributed by atoms with van der Waals surface area (Å²) in [4.78, 5) is 19.5. The Morgan fingerprint density at radius 1 is 1.33 bits per heavy atom. The van der Waals surface area contributed by atoms with Gasteiger partial charge in [-0.25, -0.2) is 9.97 Å². The highest BCUT2D eigenvalue weighted by atomic mass is 16.5. The van der Waals surface area contributed by atoms with Gasteiger partial charge in [-0.05, 0) is 30.3 Å². The van der Waals surface area contributed by atoms with Crippen LogP contribution in [0.3, 0.4) is 0 Å². The molecule has 2 rings (SSSR count). The van der Waals surface area contributed by atoms with Crippen molar-refractivity contribution in [3.8, 4) is 17.1 Å². The van der Waals surface area contributed by atoms with Gasteiger partial charge in [0.2, 0.25) is 0 Å². The summed E-state index contributed by atoms with van der Waals surface area (Å²) in [5, 5.41) is 18.7. The lowest BCUT2D eigenvalue weighted by Crippen LogP contribution is -2.16. The fourth-order valence-electron chi connectivity index (χ4n) is 1.73. The topological polar surface area (TPSA) is 119 Å². The number of aliphatic hydroxyl groups is 2. The van der Waals surface area contributed by atoms with Gasteiger partial charge in [0, 0.05) is 5.56 Å². The lowest BCUT2D eigenvalue weighted by Gasteiger charge is -2.10. The van der Waals surface area contributed by atoms with Crippen molar-refractivity contribution in [2.24, 2.45) is 5.73 Å². The molecule has 21 heavy (non-hydrogen) atoms. The van der Waals surface area contributed by atoms with E-state index in [9.17, 15) is 9.90 Å². The van der Waals surface area contributed by atoms with Crippen molar-refractivity contribution in [1.82, 2.24) is 9.97 Å². The molecule has 1 atom stereocenters. The number of nitrogens with zero attached hydrogens (tertiary/aromatic N) is 2. The van der Waals surface area contributed by atoms with Crippen LogP contribution in [0.2, 0.25) is 0 Å². The maximum absolute atomic E-state index is 11.3. The number of ether oxygens (including phenoxy) is 1. The third-order valence-corrected chi connectivity index (χ3v) is 2.86. The van der Waals surface area contributed by atoms with Crippen LogP contribution in [0.1, 0.15) is 22.3 Å². The molecule has 0 bridgehead atoms. The van der Waals surface area contributed by atoms with Crippen molar-refractivity contribution in [1.29, 1.82) is 0 Å². The second-order valence-electron chi connectivity index (χ2n) is 4.29. The van der Waals surface area contributed by atoms with Crippen LogP contribution >= 0.6 is 0 Å². The summed E-state index contributed by atoms with van der Waals surface area (Å²) in [5.74, 6) is 0.162. The summed E-state index contributed by atoms with van der Waals surface area (Å²) in [7, 11) is 1.55. The van der Waals surface area contributed by atoms with Crippen molar-refractivity contribution in [2.45, 2.75) is 6.10 Å². The normalized spacial score (nSPS) is 12.0. The zero-order valence-electron chi connectivity index (χ0n) is 11.4. The van der Waals surface area contributed by atoms with Gasteiger partial charge >= 0.3 is 0 Å². The average molecular weight is 289 g/mol. The van der Waals surface area contributed by atoms with E-state index in [1.807, 2.05) is 0 Å². The molecule has 7 nitrogen and oxygen atoms in total. The average Bonchev–Trinajstić information content (AvgIpc) is 2.53. The smallest absolute Gasteiger partial charge is 0.267 e. The fourth-order valence-corrected chi connectivity index (χ4v) is 1.73. The van der Waals surface area contributed by atoms with Gasteiger partial charge < -0.3 is 20.7 Å². The molecular formula is C14H15N3O4. The van der Waals surface area contributed by atoms with E-state index in [1.54, 1.807) is 31.4 Å². The number of primary amides is 1.